The van der Waals surface area contributed by atoms with E-state index in [1.807, 2.05) is 11.9 Å². The Morgan fingerprint density at radius 1 is 1.39 bits per heavy atom. The number of benzene rings is 1. The second kappa shape index (κ2) is 7.72. The summed E-state index contributed by atoms with van der Waals surface area (Å²) in [6.07, 6.45) is 3.46. The van der Waals surface area contributed by atoms with E-state index in [1.54, 1.807) is 12.1 Å². The largest absolute Gasteiger partial charge is 0.334 e. The van der Waals surface area contributed by atoms with E-state index in [0.717, 1.165) is 25.9 Å². The first-order valence-corrected chi connectivity index (χ1v) is 9.14. The highest BCUT2D eigenvalue weighted by Crippen LogP contribution is 2.20. The van der Waals surface area contributed by atoms with E-state index in [1.165, 1.54) is 18.2 Å². The molecule has 7 heteroatoms. The van der Waals surface area contributed by atoms with Gasteiger partial charge < -0.3 is 10.2 Å². The van der Waals surface area contributed by atoms with Crippen molar-refractivity contribution >= 4 is 15.9 Å². The smallest absolute Gasteiger partial charge is 0.254 e. The highest BCUT2D eigenvalue weighted by molar-refractivity contribution is 7.89. The summed E-state index contributed by atoms with van der Waals surface area (Å²) < 4.78 is 26.4. The zero-order valence-electron chi connectivity index (χ0n) is 13.3. The van der Waals surface area contributed by atoms with Crippen LogP contribution >= 0.6 is 0 Å². The molecule has 1 fully saturated rings. The average Bonchev–Trinajstić information content (AvgIpc) is 3.01. The number of hydrogen-bond acceptors (Lipinski definition) is 4. The van der Waals surface area contributed by atoms with Crippen LogP contribution < -0.4 is 10.0 Å². The number of carbonyl (C=O) groups excluding carboxylic acids is 1. The second-order valence-corrected chi connectivity index (χ2v) is 7.28. The Balaban J connectivity index is 2.13. The van der Waals surface area contributed by atoms with Crippen LogP contribution in [-0.4, -0.2) is 51.9 Å². The van der Waals surface area contributed by atoms with Crippen molar-refractivity contribution in [1.29, 1.82) is 0 Å². The molecule has 0 radical (unpaired) electrons. The molecule has 23 heavy (non-hydrogen) atoms. The van der Waals surface area contributed by atoms with Gasteiger partial charge in [0.05, 0.1) is 4.90 Å². The van der Waals surface area contributed by atoms with Crippen molar-refractivity contribution in [2.45, 2.75) is 23.8 Å². The molecule has 1 heterocycles. The van der Waals surface area contributed by atoms with Gasteiger partial charge in [-0.25, -0.2) is 13.1 Å². The van der Waals surface area contributed by atoms with Crippen molar-refractivity contribution in [3.8, 4) is 0 Å². The first kappa shape index (κ1) is 17.7. The summed E-state index contributed by atoms with van der Waals surface area (Å²) in [5.74, 6) is -0.0502. The standard InChI is InChI=1S/C16H23N3O3S/c1-3-10-18-23(21,22)15-8-6-13(7-9-15)16(20)19-11-4-5-14(19)12-17-2/h3,6-9,14,17-18H,1,4-5,10-12H2,2H3. The highest BCUT2D eigenvalue weighted by atomic mass is 32.2. The van der Waals surface area contributed by atoms with Crippen LogP contribution in [0.3, 0.4) is 0 Å². The molecule has 1 aliphatic heterocycles. The number of likely N-dealkylation sites (N-methyl/N-ethyl adjacent to an activating group) is 1. The van der Waals surface area contributed by atoms with Gasteiger partial charge in [-0.2, -0.15) is 0 Å². The van der Waals surface area contributed by atoms with Gasteiger partial charge in [0.1, 0.15) is 0 Å². The SMILES string of the molecule is C=CCNS(=O)(=O)c1ccc(C(=O)N2CCCC2CNC)cc1. The molecular weight excluding hydrogens is 314 g/mol. The van der Waals surface area contributed by atoms with Gasteiger partial charge in [0.15, 0.2) is 0 Å². The lowest BCUT2D eigenvalue weighted by Gasteiger charge is -2.24. The quantitative estimate of drug-likeness (QED) is 0.727. The van der Waals surface area contributed by atoms with Crippen molar-refractivity contribution < 1.29 is 13.2 Å². The molecule has 0 aromatic heterocycles. The molecule has 2 rings (SSSR count). The number of carbonyl (C=O) groups is 1. The number of nitrogens with one attached hydrogen (secondary N) is 2. The highest BCUT2D eigenvalue weighted by Gasteiger charge is 2.28. The predicted molar refractivity (Wildman–Crippen MR) is 89.8 cm³/mol. The van der Waals surface area contributed by atoms with E-state index < -0.39 is 10.0 Å². The molecule has 1 atom stereocenters. The third-order valence-electron chi connectivity index (χ3n) is 3.91. The molecule has 0 saturated carbocycles. The Kier molecular flexibility index (Phi) is 5.92. The molecule has 1 saturated heterocycles. The second-order valence-electron chi connectivity index (χ2n) is 5.52. The molecule has 2 N–H and O–H groups in total. The minimum atomic E-state index is -3.56. The van der Waals surface area contributed by atoms with Crippen LogP contribution in [-0.2, 0) is 10.0 Å². The monoisotopic (exact) mass is 337 g/mol. The van der Waals surface area contributed by atoms with Crippen LogP contribution in [0.15, 0.2) is 41.8 Å². The summed E-state index contributed by atoms with van der Waals surface area (Å²) in [4.78, 5) is 14.6. The molecule has 1 aromatic carbocycles. The first-order chi connectivity index (χ1) is 11.0. The maximum absolute atomic E-state index is 12.6. The number of nitrogens with zero attached hydrogens (tertiary/aromatic N) is 1. The zero-order valence-corrected chi connectivity index (χ0v) is 14.1. The van der Waals surface area contributed by atoms with Gasteiger partial charge in [-0.05, 0) is 44.2 Å². The summed E-state index contributed by atoms with van der Waals surface area (Å²) in [5, 5.41) is 3.10. The minimum absolute atomic E-state index is 0.0502. The molecule has 0 aliphatic carbocycles. The molecule has 0 bridgehead atoms. The van der Waals surface area contributed by atoms with E-state index in [-0.39, 0.29) is 23.4 Å². The molecule has 6 nitrogen and oxygen atoms in total. The number of sulfonamides is 1. The van der Waals surface area contributed by atoms with Gasteiger partial charge in [-0.3, -0.25) is 4.79 Å². The van der Waals surface area contributed by atoms with Gasteiger partial charge >= 0.3 is 0 Å². The molecule has 1 aromatic rings. The van der Waals surface area contributed by atoms with Crippen molar-refractivity contribution in [2.24, 2.45) is 0 Å². The average molecular weight is 337 g/mol. The predicted octanol–water partition coefficient (Wildman–Crippen LogP) is 0.975. The molecule has 1 unspecified atom stereocenters. The van der Waals surface area contributed by atoms with Crippen molar-refractivity contribution in [1.82, 2.24) is 14.9 Å². The maximum Gasteiger partial charge on any atom is 0.254 e. The molecule has 1 aliphatic rings. The van der Waals surface area contributed by atoms with E-state index >= 15 is 0 Å². The van der Waals surface area contributed by atoms with Crippen molar-refractivity contribution in [2.75, 3.05) is 26.7 Å². The number of amides is 1. The van der Waals surface area contributed by atoms with Crippen LogP contribution in [0.1, 0.15) is 23.2 Å². The van der Waals surface area contributed by atoms with Crippen molar-refractivity contribution in [3.63, 3.8) is 0 Å². The van der Waals surface area contributed by atoms with Crippen LogP contribution in [0.5, 0.6) is 0 Å². The summed E-state index contributed by atoms with van der Waals surface area (Å²) in [7, 11) is -1.69. The van der Waals surface area contributed by atoms with E-state index in [0.29, 0.717) is 5.56 Å². The fourth-order valence-electron chi connectivity index (χ4n) is 2.75. The third kappa shape index (κ3) is 4.19. The number of hydrogen-bond donors (Lipinski definition) is 2. The van der Waals surface area contributed by atoms with Gasteiger partial charge in [0.2, 0.25) is 10.0 Å². The first-order valence-electron chi connectivity index (χ1n) is 7.66. The fraction of sp³-hybridized carbons (Fsp3) is 0.438. The molecule has 0 spiro atoms. The van der Waals surface area contributed by atoms with Gasteiger partial charge in [0.25, 0.3) is 5.91 Å². The van der Waals surface area contributed by atoms with Gasteiger partial charge in [-0.1, -0.05) is 6.08 Å². The van der Waals surface area contributed by atoms with E-state index in [4.69, 9.17) is 0 Å². The molecule has 1 amide bonds. The Bertz CT molecular complexity index is 656. The topological polar surface area (TPSA) is 78.5 Å². The van der Waals surface area contributed by atoms with E-state index in [9.17, 15) is 13.2 Å². The maximum atomic E-state index is 12.6. The summed E-state index contributed by atoms with van der Waals surface area (Å²) in [6, 6.07) is 6.26. The Labute approximate surface area is 137 Å². The van der Waals surface area contributed by atoms with Crippen molar-refractivity contribution in [3.05, 3.63) is 42.5 Å². The normalized spacial score (nSPS) is 18.1. The number of likely N-dealkylation sites (tertiary alicyclic amines) is 1. The van der Waals surface area contributed by atoms with Gasteiger partial charge in [-0.15, -0.1) is 6.58 Å². The van der Waals surface area contributed by atoms with Crippen LogP contribution in [0.4, 0.5) is 0 Å². The number of rotatable bonds is 7. The van der Waals surface area contributed by atoms with E-state index in [2.05, 4.69) is 16.6 Å². The lowest BCUT2D eigenvalue weighted by atomic mass is 10.1. The summed E-state index contributed by atoms with van der Waals surface area (Å²) in [6.45, 7) is 5.16. The lowest BCUT2D eigenvalue weighted by Crippen LogP contribution is -2.40. The molecular formula is C16H23N3O3S. The summed E-state index contributed by atoms with van der Waals surface area (Å²) in [5.41, 5.74) is 0.510. The third-order valence-corrected chi connectivity index (χ3v) is 5.35. The van der Waals surface area contributed by atoms with Gasteiger partial charge in [0, 0.05) is 31.2 Å². The summed E-state index contributed by atoms with van der Waals surface area (Å²) >= 11 is 0. The van der Waals surface area contributed by atoms with Crippen LogP contribution in [0, 0.1) is 0 Å². The Hall–Kier alpha value is -1.70. The fourth-order valence-corrected chi connectivity index (χ4v) is 3.74. The Morgan fingerprint density at radius 2 is 2.09 bits per heavy atom. The molecule has 126 valence electrons. The Morgan fingerprint density at radius 3 is 2.70 bits per heavy atom. The zero-order chi connectivity index (χ0) is 16.9. The van der Waals surface area contributed by atoms with Crippen LogP contribution in [0.25, 0.3) is 0 Å². The minimum Gasteiger partial charge on any atom is -0.334 e. The van der Waals surface area contributed by atoms with Crippen LogP contribution in [0.2, 0.25) is 0 Å². The lowest BCUT2D eigenvalue weighted by molar-refractivity contribution is 0.0737.